The van der Waals surface area contributed by atoms with E-state index >= 15 is 0 Å². The smallest absolute Gasteiger partial charge is 0.179 e. The molecule has 2 aromatic carbocycles. The van der Waals surface area contributed by atoms with E-state index in [1.807, 2.05) is 24.3 Å². The third-order valence-corrected chi connectivity index (χ3v) is 4.49. The minimum absolute atomic E-state index is 0.468. The van der Waals surface area contributed by atoms with Gasteiger partial charge >= 0.3 is 0 Å². The lowest BCUT2D eigenvalue weighted by molar-refractivity contribution is 0.218. The predicted molar refractivity (Wildman–Crippen MR) is 95.4 cm³/mol. The van der Waals surface area contributed by atoms with Crippen molar-refractivity contribution in [3.63, 3.8) is 0 Å². The largest absolute Gasteiger partial charge is 0.493 e. The molecule has 0 aliphatic carbocycles. The Morgan fingerprint density at radius 3 is 2.83 bits per heavy atom. The molecule has 4 nitrogen and oxygen atoms in total. The van der Waals surface area contributed by atoms with E-state index < -0.39 is 0 Å². The molecule has 1 heterocycles. The summed E-state index contributed by atoms with van der Waals surface area (Å²) < 4.78 is 16.4. The van der Waals surface area contributed by atoms with Crippen LogP contribution < -0.4 is 19.5 Å². The van der Waals surface area contributed by atoms with Crippen LogP contribution in [-0.4, -0.2) is 27.4 Å². The molecule has 24 heavy (non-hydrogen) atoms. The lowest BCUT2D eigenvalue weighted by atomic mass is 9.97. The summed E-state index contributed by atoms with van der Waals surface area (Å²) in [5.74, 6) is 2.70. The molecule has 1 atom stereocenters. The number of nitrogens with one attached hydrogen (secondary N) is 1. The molecule has 0 fully saturated rings. The molecule has 0 spiro atoms. The highest BCUT2D eigenvalue weighted by Gasteiger charge is 2.19. The Labute approximate surface area is 147 Å². The van der Waals surface area contributed by atoms with Gasteiger partial charge in [-0.05, 0) is 35.7 Å². The van der Waals surface area contributed by atoms with Crippen molar-refractivity contribution in [3.8, 4) is 17.2 Å². The third-order valence-electron chi connectivity index (χ3n) is 4.21. The number of hydrogen-bond acceptors (Lipinski definition) is 4. The van der Waals surface area contributed by atoms with Gasteiger partial charge in [0.25, 0.3) is 0 Å². The minimum atomic E-state index is 0.468. The van der Waals surface area contributed by atoms with Crippen molar-refractivity contribution in [2.24, 2.45) is 5.92 Å². The van der Waals surface area contributed by atoms with E-state index in [1.54, 1.807) is 14.2 Å². The highest BCUT2D eigenvalue weighted by Crippen LogP contribution is 2.36. The van der Waals surface area contributed by atoms with Crippen LogP contribution in [0, 0.1) is 5.92 Å². The van der Waals surface area contributed by atoms with Crippen molar-refractivity contribution in [1.82, 2.24) is 5.32 Å². The maximum absolute atomic E-state index is 6.24. The number of halogens is 1. The Kier molecular flexibility index (Phi) is 5.48. The molecule has 1 aliphatic rings. The Balaban J connectivity index is 1.57. The molecule has 1 N–H and O–H groups in total. The first-order valence-corrected chi connectivity index (χ1v) is 8.41. The van der Waals surface area contributed by atoms with Gasteiger partial charge in [-0.1, -0.05) is 29.8 Å². The van der Waals surface area contributed by atoms with Crippen molar-refractivity contribution in [2.75, 3.05) is 27.4 Å². The van der Waals surface area contributed by atoms with Gasteiger partial charge in [0.2, 0.25) is 0 Å². The molecule has 0 saturated heterocycles. The second-order valence-corrected chi connectivity index (χ2v) is 6.34. The van der Waals surface area contributed by atoms with E-state index in [4.69, 9.17) is 25.8 Å². The lowest BCUT2D eigenvalue weighted by Gasteiger charge is -2.25. The van der Waals surface area contributed by atoms with E-state index in [2.05, 4.69) is 17.4 Å². The van der Waals surface area contributed by atoms with Gasteiger partial charge in [-0.25, -0.2) is 0 Å². The second kappa shape index (κ2) is 7.77. The molecule has 2 aromatic rings. The number of hydrogen-bond donors (Lipinski definition) is 1. The second-order valence-electron chi connectivity index (χ2n) is 5.93. The first-order chi connectivity index (χ1) is 11.7. The molecular formula is C19H22ClNO3. The molecule has 3 rings (SSSR count). The number of methoxy groups -OCH3 is 2. The van der Waals surface area contributed by atoms with Crippen LogP contribution in [0.25, 0.3) is 0 Å². The maximum atomic E-state index is 6.24. The van der Waals surface area contributed by atoms with Crippen LogP contribution in [0.2, 0.25) is 5.02 Å². The number of rotatable bonds is 6. The molecule has 0 saturated carbocycles. The SMILES string of the molecule is COc1cc(CNCC2COc3ccccc3C2)cc(Cl)c1OC. The third kappa shape index (κ3) is 3.77. The fraction of sp³-hybridized carbons (Fsp3) is 0.368. The monoisotopic (exact) mass is 347 g/mol. The number of fused-ring (bicyclic) bond motifs is 1. The standard InChI is InChI=1S/C19H22ClNO3/c1-22-18-9-13(8-16(20)19(18)23-2)10-21-11-14-7-15-5-3-4-6-17(15)24-12-14/h3-6,8-9,14,21H,7,10-12H2,1-2H3. The number of para-hydroxylation sites is 1. The van der Waals surface area contributed by atoms with E-state index in [0.717, 1.165) is 37.4 Å². The first-order valence-electron chi connectivity index (χ1n) is 8.03. The minimum Gasteiger partial charge on any atom is -0.493 e. The summed E-state index contributed by atoms with van der Waals surface area (Å²) in [7, 11) is 3.20. The molecule has 1 unspecified atom stereocenters. The zero-order valence-corrected chi connectivity index (χ0v) is 14.7. The molecule has 0 aromatic heterocycles. The fourth-order valence-electron chi connectivity index (χ4n) is 3.02. The Hall–Kier alpha value is -1.91. The van der Waals surface area contributed by atoms with Crippen molar-refractivity contribution in [3.05, 3.63) is 52.5 Å². The van der Waals surface area contributed by atoms with E-state index in [0.29, 0.717) is 22.4 Å². The van der Waals surface area contributed by atoms with Crippen LogP contribution in [-0.2, 0) is 13.0 Å². The molecule has 1 aliphatic heterocycles. The topological polar surface area (TPSA) is 39.7 Å². The summed E-state index contributed by atoms with van der Waals surface area (Å²) in [5.41, 5.74) is 2.35. The first kappa shape index (κ1) is 16.9. The van der Waals surface area contributed by atoms with Gasteiger partial charge in [-0.15, -0.1) is 0 Å². The zero-order valence-electron chi connectivity index (χ0n) is 14.0. The summed E-state index contributed by atoms with van der Waals surface area (Å²) >= 11 is 6.24. The van der Waals surface area contributed by atoms with E-state index in [-0.39, 0.29) is 0 Å². The molecule has 0 bridgehead atoms. The predicted octanol–water partition coefficient (Wildman–Crippen LogP) is 3.70. The Morgan fingerprint density at radius 2 is 2.04 bits per heavy atom. The van der Waals surface area contributed by atoms with Crippen LogP contribution >= 0.6 is 11.6 Å². The Bertz CT molecular complexity index is 705. The van der Waals surface area contributed by atoms with Gasteiger partial charge in [-0.2, -0.15) is 0 Å². The lowest BCUT2D eigenvalue weighted by Crippen LogP contribution is -2.31. The highest BCUT2D eigenvalue weighted by atomic mass is 35.5. The van der Waals surface area contributed by atoms with Gasteiger partial charge in [0.15, 0.2) is 11.5 Å². The van der Waals surface area contributed by atoms with Crippen LogP contribution in [0.4, 0.5) is 0 Å². The van der Waals surface area contributed by atoms with Gasteiger partial charge in [-0.3, -0.25) is 0 Å². The summed E-state index contributed by atoms with van der Waals surface area (Å²) in [6.45, 7) is 2.36. The van der Waals surface area contributed by atoms with Crippen molar-refractivity contribution in [2.45, 2.75) is 13.0 Å². The summed E-state index contributed by atoms with van der Waals surface area (Å²) in [4.78, 5) is 0. The van der Waals surface area contributed by atoms with E-state index in [9.17, 15) is 0 Å². The molecule has 0 amide bonds. The van der Waals surface area contributed by atoms with Crippen LogP contribution in [0.5, 0.6) is 17.2 Å². The zero-order chi connectivity index (χ0) is 16.9. The van der Waals surface area contributed by atoms with Gasteiger partial charge in [0, 0.05) is 19.0 Å². The summed E-state index contributed by atoms with van der Waals surface area (Å²) in [5, 5.41) is 4.04. The molecule has 0 radical (unpaired) electrons. The molecule has 5 heteroatoms. The number of benzene rings is 2. The number of ether oxygens (including phenoxy) is 3. The summed E-state index contributed by atoms with van der Waals surface area (Å²) in [6, 6.07) is 12.1. The fourth-order valence-corrected chi connectivity index (χ4v) is 3.33. The summed E-state index contributed by atoms with van der Waals surface area (Å²) in [6.07, 6.45) is 1.04. The van der Waals surface area contributed by atoms with Crippen LogP contribution in [0.1, 0.15) is 11.1 Å². The quantitative estimate of drug-likeness (QED) is 0.865. The van der Waals surface area contributed by atoms with Crippen molar-refractivity contribution >= 4 is 11.6 Å². The Morgan fingerprint density at radius 1 is 1.21 bits per heavy atom. The van der Waals surface area contributed by atoms with Crippen LogP contribution in [0.15, 0.2) is 36.4 Å². The van der Waals surface area contributed by atoms with E-state index in [1.165, 1.54) is 5.56 Å². The molecule has 128 valence electrons. The molecular weight excluding hydrogens is 326 g/mol. The van der Waals surface area contributed by atoms with Gasteiger partial charge in [0.05, 0.1) is 25.8 Å². The van der Waals surface area contributed by atoms with Gasteiger partial charge in [0.1, 0.15) is 5.75 Å². The van der Waals surface area contributed by atoms with Gasteiger partial charge < -0.3 is 19.5 Å². The average molecular weight is 348 g/mol. The normalized spacial score (nSPS) is 16.2. The maximum Gasteiger partial charge on any atom is 0.179 e. The van der Waals surface area contributed by atoms with Crippen molar-refractivity contribution < 1.29 is 14.2 Å². The average Bonchev–Trinajstić information content (AvgIpc) is 2.61. The van der Waals surface area contributed by atoms with Crippen LogP contribution in [0.3, 0.4) is 0 Å². The highest BCUT2D eigenvalue weighted by molar-refractivity contribution is 6.32. The van der Waals surface area contributed by atoms with Crippen molar-refractivity contribution in [1.29, 1.82) is 0 Å².